The van der Waals surface area contributed by atoms with Gasteiger partial charge in [-0.25, -0.2) is 8.42 Å². The van der Waals surface area contributed by atoms with Gasteiger partial charge in [0.1, 0.15) is 11.8 Å². The van der Waals surface area contributed by atoms with Gasteiger partial charge in [0.15, 0.2) is 0 Å². The number of carbonyl (C=O) groups is 1. The number of hydrogen-bond acceptors (Lipinski definition) is 4. The Bertz CT molecular complexity index is 944. The molecule has 30 heavy (non-hydrogen) atoms. The van der Waals surface area contributed by atoms with E-state index in [1.165, 1.54) is 4.31 Å². The number of amides is 1. The molecule has 0 fully saturated rings. The van der Waals surface area contributed by atoms with Crippen molar-refractivity contribution in [1.82, 2.24) is 5.32 Å². The molecule has 0 spiro atoms. The maximum Gasteiger partial charge on any atom is 0.243 e. The minimum Gasteiger partial charge on any atom is -0.494 e. The van der Waals surface area contributed by atoms with Crippen molar-refractivity contribution in [2.24, 2.45) is 0 Å². The Morgan fingerprint density at radius 1 is 1.13 bits per heavy atom. The van der Waals surface area contributed by atoms with E-state index in [-0.39, 0.29) is 5.91 Å². The third kappa shape index (κ3) is 6.49. The van der Waals surface area contributed by atoms with Crippen LogP contribution in [0.2, 0.25) is 0 Å². The van der Waals surface area contributed by atoms with Gasteiger partial charge in [0.2, 0.25) is 15.9 Å². The monoisotopic (exact) mass is 432 g/mol. The number of nitrogens with one attached hydrogen (secondary N) is 1. The topological polar surface area (TPSA) is 75.7 Å². The van der Waals surface area contributed by atoms with E-state index in [1.807, 2.05) is 51.1 Å². The third-order valence-corrected chi connectivity index (χ3v) is 5.96. The molecule has 0 saturated carbocycles. The summed E-state index contributed by atoms with van der Waals surface area (Å²) in [7, 11) is -3.62. The van der Waals surface area contributed by atoms with Gasteiger partial charge < -0.3 is 10.1 Å². The first-order valence-electron chi connectivity index (χ1n) is 10.3. The molecule has 6 nitrogen and oxygen atoms in total. The van der Waals surface area contributed by atoms with Crippen molar-refractivity contribution >= 4 is 21.6 Å². The molecule has 1 N–H and O–H groups in total. The number of nitrogens with zero attached hydrogens (tertiary/aromatic N) is 1. The Morgan fingerprint density at radius 3 is 2.50 bits per heavy atom. The maximum atomic E-state index is 12.9. The zero-order chi connectivity index (χ0) is 22.1. The second-order valence-electron chi connectivity index (χ2n) is 7.26. The SMILES string of the molecule is CCOc1ccccc1CCCNC(=O)[C@@H](CC)N(c1cccc(C)c1)S(C)(=O)=O. The number of para-hydroxylation sites is 1. The van der Waals surface area contributed by atoms with Gasteiger partial charge in [0.05, 0.1) is 18.6 Å². The van der Waals surface area contributed by atoms with E-state index in [1.54, 1.807) is 18.2 Å². The molecule has 0 aromatic heterocycles. The van der Waals surface area contributed by atoms with Gasteiger partial charge >= 0.3 is 0 Å². The highest BCUT2D eigenvalue weighted by molar-refractivity contribution is 7.92. The predicted octanol–water partition coefficient (Wildman–Crippen LogP) is 3.69. The lowest BCUT2D eigenvalue weighted by molar-refractivity contribution is -0.122. The Kier molecular flexibility index (Phi) is 8.72. The van der Waals surface area contributed by atoms with Crippen molar-refractivity contribution in [3.8, 4) is 5.75 Å². The van der Waals surface area contributed by atoms with E-state index in [4.69, 9.17) is 4.74 Å². The van der Waals surface area contributed by atoms with Crippen LogP contribution in [0.15, 0.2) is 48.5 Å². The summed E-state index contributed by atoms with van der Waals surface area (Å²) in [5.74, 6) is 0.572. The second-order valence-corrected chi connectivity index (χ2v) is 9.12. The highest BCUT2D eigenvalue weighted by Gasteiger charge is 2.31. The summed E-state index contributed by atoms with van der Waals surface area (Å²) in [5, 5.41) is 2.91. The number of anilines is 1. The number of carbonyl (C=O) groups excluding carboxylic acids is 1. The lowest BCUT2D eigenvalue weighted by Crippen LogP contribution is -2.49. The van der Waals surface area contributed by atoms with Gasteiger partial charge in [-0.3, -0.25) is 9.10 Å². The fourth-order valence-electron chi connectivity index (χ4n) is 3.44. The lowest BCUT2D eigenvalue weighted by atomic mass is 10.1. The molecular formula is C23H32N2O4S. The summed E-state index contributed by atoms with van der Waals surface area (Å²) in [6, 6.07) is 14.3. The largest absolute Gasteiger partial charge is 0.494 e. The molecule has 1 amide bonds. The summed E-state index contributed by atoms with van der Waals surface area (Å²) in [5.41, 5.74) is 2.53. The molecule has 164 valence electrons. The minimum absolute atomic E-state index is 0.289. The van der Waals surface area contributed by atoms with Crippen molar-refractivity contribution in [1.29, 1.82) is 0 Å². The molecule has 0 bridgehead atoms. The number of aryl methyl sites for hydroxylation is 2. The molecule has 0 radical (unpaired) electrons. The van der Waals surface area contributed by atoms with E-state index >= 15 is 0 Å². The van der Waals surface area contributed by atoms with E-state index in [9.17, 15) is 13.2 Å². The van der Waals surface area contributed by atoms with Crippen LogP contribution in [0.4, 0.5) is 5.69 Å². The molecule has 0 unspecified atom stereocenters. The number of benzene rings is 2. The molecule has 2 aromatic carbocycles. The second kappa shape index (κ2) is 11.0. The number of hydrogen-bond donors (Lipinski definition) is 1. The summed E-state index contributed by atoms with van der Waals surface area (Å²) in [6.07, 6.45) is 3.01. The van der Waals surface area contributed by atoms with Gasteiger partial charge in [-0.05, 0) is 62.4 Å². The highest BCUT2D eigenvalue weighted by Crippen LogP contribution is 2.23. The van der Waals surface area contributed by atoms with Gasteiger partial charge in [0, 0.05) is 6.54 Å². The van der Waals surface area contributed by atoms with E-state index in [0.717, 1.165) is 36.0 Å². The smallest absolute Gasteiger partial charge is 0.243 e. The van der Waals surface area contributed by atoms with Crippen LogP contribution >= 0.6 is 0 Å². The minimum atomic E-state index is -3.62. The summed E-state index contributed by atoms with van der Waals surface area (Å²) < 4.78 is 31.8. The van der Waals surface area contributed by atoms with Crippen molar-refractivity contribution in [2.45, 2.75) is 46.1 Å². The summed E-state index contributed by atoms with van der Waals surface area (Å²) >= 11 is 0. The average Bonchev–Trinajstić information content (AvgIpc) is 2.69. The van der Waals surface area contributed by atoms with Crippen molar-refractivity contribution in [2.75, 3.05) is 23.7 Å². The standard InChI is InChI=1S/C23H32N2O4S/c1-5-21(25(30(4,27)28)20-14-9-11-18(3)17-20)23(26)24-16-10-13-19-12-7-8-15-22(19)29-6-2/h7-9,11-12,14-15,17,21H,5-6,10,13,16H2,1-4H3,(H,24,26)/t21-/m1/s1. The van der Waals surface area contributed by atoms with Crippen molar-refractivity contribution in [3.63, 3.8) is 0 Å². The fraction of sp³-hybridized carbons (Fsp3) is 0.435. The van der Waals surface area contributed by atoms with Crippen molar-refractivity contribution < 1.29 is 17.9 Å². The zero-order valence-corrected chi connectivity index (χ0v) is 19.0. The molecule has 0 saturated heterocycles. The molecule has 0 heterocycles. The zero-order valence-electron chi connectivity index (χ0n) is 18.2. The molecule has 2 rings (SSSR count). The molecule has 0 aliphatic heterocycles. The van der Waals surface area contributed by atoms with Gasteiger partial charge in [-0.2, -0.15) is 0 Å². The molecule has 7 heteroatoms. The van der Waals surface area contributed by atoms with Crippen LogP contribution in [-0.2, 0) is 21.2 Å². The first-order chi connectivity index (χ1) is 14.3. The fourth-order valence-corrected chi connectivity index (χ4v) is 4.64. The first kappa shape index (κ1) is 23.7. The van der Waals surface area contributed by atoms with Gasteiger partial charge in [0.25, 0.3) is 0 Å². The van der Waals surface area contributed by atoms with Crippen LogP contribution in [0, 0.1) is 6.92 Å². The summed E-state index contributed by atoms with van der Waals surface area (Å²) in [4.78, 5) is 12.9. The van der Waals surface area contributed by atoms with Crippen LogP contribution < -0.4 is 14.4 Å². The van der Waals surface area contributed by atoms with E-state index < -0.39 is 16.1 Å². The van der Waals surface area contributed by atoms with Crippen LogP contribution in [0.1, 0.15) is 37.8 Å². The normalized spacial score (nSPS) is 12.3. The first-order valence-corrected chi connectivity index (χ1v) is 12.2. The Balaban J connectivity index is 2.04. The maximum absolute atomic E-state index is 12.9. The van der Waals surface area contributed by atoms with Crippen molar-refractivity contribution in [3.05, 3.63) is 59.7 Å². The summed E-state index contributed by atoms with van der Waals surface area (Å²) in [6.45, 7) is 6.72. The molecular weight excluding hydrogens is 400 g/mol. The average molecular weight is 433 g/mol. The number of sulfonamides is 1. The van der Waals surface area contributed by atoms with Gasteiger partial charge in [-0.15, -0.1) is 0 Å². The van der Waals surface area contributed by atoms with Crippen LogP contribution in [0.3, 0.4) is 0 Å². The third-order valence-electron chi connectivity index (χ3n) is 4.78. The van der Waals surface area contributed by atoms with E-state index in [0.29, 0.717) is 25.3 Å². The molecule has 1 atom stereocenters. The Hall–Kier alpha value is -2.54. The van der Waals surface area contributed by atoms with Crippen LogP contribution in [0.5, 0.6) is 5.75 Å². The lowest BCUT2D eigenvalue weighted by Gasteiger charge is -2.30. The predicted molar refractivity (Wildman–Crippen MR) is 122 cm³/mol. The van der Waals surface area contributed by atoms with E-state index in [2.05, 4.69) is 5.32 Å². The number of rotatable bonds is 11. The van der Waals surface area contributed by atoms with Crippen LogP contribution in [-0.4, -0.2) is 39.8 Å². The highest BCUT2D eigenvalue weighted by atomic mass is 32.2. The molecule has 0 aliphatic rings. The van der Waals surface area contributed by atoms with Crippen LogP contribution in [0.25, 0.3) is 0 Å². The quantitative estimate of drug-likeness (QED) is 0.550. The molecule has 2 aromatic rings. The number of ether oxygens (including phenoxy) is 1. The Labute approximate surface area is 180 Å². The van der Waals surface area contributed by atoms with Gasteiger partial charge in [-0.1, -0.05) is 37.3 Å². The Morgan fingerprint density at radius 2 is 1.87 bits per heavy atom. The molecule has 0 aliphatic carbocycles.